The van der Waals surface area contributed by atoms with E-state index >= 15 is 0 Å². The molecule has 4 aromatic rings. The molecular formula is C21H21ClN6OS. The Bertz CT molecular complexity index is 1180. The number of anilines is 1. The van der Waals surface area contributed by atoms with Gasteiger partial charge >= 0.3 is 0 Å². The van der Waals surface area contributed by atoms with Crippen LogP contribution in [0, 0.1) is 13.8 Å². The zero-order valence-corrected chi connectivity index (χ0v) is 18.4. The summed E-state index contributed by atoms with van der Waals surface area (Å²) in [5.41, 5.74) is 5.18. The van der Waals surface area contributed by atoms with E-state index in [1.165, 1.54) is 28.7 Å². The van der Waals surface area contributed by atoms with Crippen LogP contribution in [0.2, 0.25) is 5.02 Å². The predicted octanol–water partition coefficient (Wildman–Crippen LogP) is 4.72. The molecule has 1 atom stereocenters. The highest BCUT2D eigenvalue weighted by atomic mass is 35.5. The first-order chi connectivity index (χ1) is 14.4. The van der Waals surface area contributed by atoms with Crippen molar-refractivity contribution in [2.24, 2.45) is 0 Å². The van der Waals surface area contributed by atoms with E-state index in [1.807, 2.05) is 29.6 Å². The Morgan fingerprint density at radius 1 is 1.30 bits per heavy atom. The van der Waals surface area contributed by atoms with E-state index in [-0.39, 0.29) is 5.91 Å². The van der Waals surface area contributed by atoms with Gasteiger partial charge in [-0.1, -0.05) is 29.8 Å². The van der Waals surface area contributed by atoms with Gasteiger partial charge < -0.3 is 9.88 Å². The fraction of sp³-hybridized carbons (Fsp3) is 0.238. The Hall–Kier alpha value is -2.97. The molecule has 0 fully saturated rings. The zero-order chi connectivity index (χ0) is 21.3. The summed E-state index contributed by atoms with van der Waals surface area (Å²) in [7, 11) is 0. The number of amides is 1. The Labute approximate surface area is 183 Å². The van der Waals surface area contributed by atoms with Crippen LogP contribution in [-0.4, -0.2) is 30.2 Å². The van der Waals surface area contributed by atoms with Crippen LogP contribution in [-0.2, 0) is 11.3 Å². The molecule has 1 aromatic carbocycles. The second kappa shape index (κ2) is 8.41. The molecule has 0 saturated carbocycles. The summed E-state index contributed by atoms with van der Waals surface area (Å²) < 4.78 is 3.73. The predicted molar refractivity (Wildman–Crippen MR) is 119 cm³/mol. The molecule has 1 unspecified atom stereocenters. The molecule has 0 bridgehead atoms. The summed E-state index contributed by atoms with van der Waals surface area (Å²) in [5.74, 6) is -0.189. The standard InChI is InChI=1S/C21H21ClN6OS/c1-13-8-17(14(2)27(13)9-16-6-4-5-7-18(16)22)19-10-30-21(25-19)26-20(29)15(3)28-12-23-11-24-28/h4-8,10-12,15H,9H2,1-3H3,(H,25,26,29). The van der Waals surface area contributed by atoms with Crippen LogP contribution < -0.4 is 5.32 Å². The van der Waals surface area contributed by atoms with Crippen LogP contribution >= 0.6 is 22.9 Å². The first kappa shape index (κ1) is 20.3. The van der Waals surface area contributed by atoms with Gasteiger partial charge in [-0.15, -0.1) is 11.3 Å². The lowest BCUT2D eigenvalue weighted by Gasteiger charge is -2.11. The quantitative estimate of drug-likeness (QED) is 0.470. The number of nitrogens with one attached hydrogen (secondary N) is 1. The lowest BCUT2D eigenvalue weighted by molar-refractivity contribution is -0.119. The average molecular weight is 441 g/mol. The van der Waals surface area contributed by atoms with Crippen molar-refractivity contribution >= 4 is 34.0 Å². The van der Waals surface area contributed by atoms with Gasteiger partial charge in [0.1, 0.15) is 18.7 Å². The molecule has 7 nitrogen and oxygen atoms in total. The van der Waals surface area contributed by atoms with Crippen molar-refractivity contribution in [3.05, 3.63) is 70.3 Å². The molecule has 1 amide bonds. The van der Waals surface area contributed by atoms with E-state index in [1.54, 1.807) is 6.92 Å². The molecule has 0 aliphatic carbocycles. The molecule has 1 N–H and O–H groups in total. The first-order valence-electron chi connectivity index (χ1n) is 9.45. The highest BCUT2D eigenvalue weighted by Gasteiger charge is 2.19. The number of carbonyl (C=O) groups is 1. The third-order valence-corrected chi connectivity index (χ3v) is 6.21. The Morgan fingerprint density at radius 2 is 2.10 bits per heavy atom. The number of hydrogen-bond donors (Lipinski definition) is 1. The number of halogens is 1. The van der Waals surface area contributed by atoms with Crippen molar-refractivity contribution < 1.29 is 4.79 Å². The smallest absolute Gasteiger partial charge is 0.250 e. The zero-order valence-electron chi connectivity index (χ0n) is 16.8. The third-order valence-electron chi connectivity index (χ3n) is 5.08. The minimum absolute atomic E-state index is 0.189. The molecule has 30 heavy (non-hydrogen) atoms. The van der Waals surface area contributed by atoms with Gasteiger partial charge in [0, 0.05) is 33.9 Å². The van der Waals surface area contributed by atoms with Gasteiger partial charge in [-0.3, -0.25) is 4.79 Å². The maximum atomic E-state index is 12.5. The SMILES string of the molecule is Cc1cc(-c2csc(NC(=O)C(C)n3cncn3)n2)c(C)n1Cc1ccccc1Cl. The third kappa shape index (κ3) is 4.01. The van der Waals surface area contributed by atoms with Crippen molar-refractivity contribution in [1.82, 2.24) is 24.3 Å². The number of thiazole rings is 1. The van der Waals surface area contributed by atoms with Gasteiger partial charge in [0.25, 0.3) is 5.91 Å². The molecule has 0 radical (unpaired) electrons. The summed E-state index contributed by atoms with van der Waals surface area (Å²) >= 11 is 7.74. The van der Waals surface area contributed by atoms with Gasteiger partial charge in [-0.25, -0.2) is 14.6 Å². The summed E-state index contributed by atoms with van der Waals surface area (Å²) in [6, 6.07) is 9.51. The van der Waals surface area contributed by atoms with Crippen LogP contribution in [0.15, 0.2) is 48.4 Å². The molecular weight excluding hydrogens is 420 g/mol. The van der Waals surface area contributed by atoms with Crippen molar-refractivity contribution in [3.8, 4) is 11.3 Å². The van der Waals surface area contributed by atoms with E-state index in [2.05, 4.69) is 44.9 Å². The van der Waals surface area contributed by atoms with Gasteiger partial charge in [0.2, 0.25) is 0 Å². The maximum Gasteiger partial charge on any atom is 0.250 e. The first-order valence-corrected chi connectivity index (χ1v) is 10.7. The van der Waals surface area contributed by atoms with E-state index in [9.17, 15) is 4.79 Å². The van der Waals surface area contributed by atoms with Crippen LogP contribution in [0.25, 0.3) is 11.3 Å². The van der Waals surface area contributed by atoms with Crippen molar-refractivity contribution in [1.29, 1.82) is 0 Å². The Morgan fingerprint density at radius 3 is 2.83 bits per heavy atom. The summed E-state index contributed by atoms with van der Waals surface area (Å²) in [6.07, 6.45) is 2.93. The maximum absolute atomic E-state index is 12.5. The minimum atomic E-state index is -0.472. The molecule has 0 aliphatic rings. The van der Waals surface area contributed by atoms with Gasteiger partial charge in [0.15, 0.2) is 5.13 Å². The molecule has 3 aromatic heterocycles. The van der Waals surface area contributed by atoms with Crippen LogP contribution in [0.1, 0.15) is 29.9 Å². The highest BCUT2D eigenvalue weighted by molar-refractivity contribution is 7.14. The fourth-order valence-electron chi connectivity index (χ4n) is 3.30. The van der Waals surface area contributed by atoms with Gasteiger partial charge in [-0.05, 0) is 38.5 Å². The number of aromatic nitrogens is 5. The van der Waals surface area contributed by atoms with Crippen molar-refractivity contribution in [2.75, 3.05) is 5.32 Å². The second-order valence-corrected chi connectivity index (χ2v) is 8.31. The number of nitrogens with zero attached hydrogens (tertiary/aromatic N) is 5. The van der Waals surface area contributed by atoms with Crippen LogP contribution in [0.4, 0.5) is 5.13 Å². The number of aryl methyl sites for hydroxylation is 1. The second-order valence-electron chi connectivity index (χ2n) is 7.04. The molecule has 4 rings (SSSR count). The lowest BCUT2D eigenvalue weighted by atomic mass is 10.2. The number of rotatable bonds is 6. The van der Waals surface area contributed by atoms with Gasteiger partial charge in [-0.2, -0.15) is 5.10 Å². The van der Waals surface area contributed by atoms with Crippen LogP contribution in [0.3, 0.4) is 0 Å². The molecule has 0 spiro atoms. The van der Waals surface area contributed by atoms with E-state index in [4.69, 9.17) is 11.6 Å². The average Bonchev–Trinajstić information content (AvgIpc) is 3.47. The molecule has 0 aliphatic heterocycles. The van der Waals surface area contributed by atoms with Crippen molar-refractivity contribution in [3.63, 3.8) is 0 Å². The Kier molecular flexibility index (Phi) is 5.69. The Balaban J connectivity index is 1.54. The fourth-order valence-corrected chi connectivity index (χ4v) is 4.21. The summed E-state index contributed by atoms with van der Waals surface area (Å²) in [5, 5.41) is 10.1. The minimum Gasteiger partial charge on any atom is -0.344 e. The molecule has 3 heterocycles. The molecule has 0 saturated heterocycles. The monoisotopic (exact) mass is 440 g/mol. The summed E-state index contributed by atoms with van der Waals surface area (Å²) in [6.45, 7) is 6.60. The molecule has 9 heteroatoms. The van der Waals surface area contributed by atoms with E-state index < -0.39 is 6.04 Å². The largest absolute Gasteiger partial charge is 0.344 e. The van der Waals surface area contributed by atoms with Crippen molar-refractivity contribution in [2.45, 2.75) is 33.4 Å². The van der Waals surface area contributed by atoms with Gasteiger partial charge in [0.05, 0.1) is 5.69 Å². The van der Waals surface area contributed by atoms with E-state index in [0.717, 1.165) is 33.2 Å². The molecule has 154 valence electrons. The highest BCUT2D eigenvalue weighted by Crippen LogP contribution is 2.31. The van der Waals surface area contributed by atoms with E-state index in [0.29, 0.717) is 11.7 Å². The lowest BCUT2D eigenvalue weighted by Crippen LogP contribution is -2.23. The number of benzene rings is 1. The topological polar surface area (TPSA) is 77.6 Å². The van der Waals surface area contributed by atoms with Crippen LogP contribution in [0.5, 0.6) is 0 Å². The summed E-state index contributed by atoms with van der Waals surface area (Å²) in [4.78, 5) is 21.0. The number of hydrogen-bond acceptors (Lipinski definition) is 5. The normalized spacial score (nSPS) is 12.1. The number of carbonyl (C=O) groups excluding carboxylic acids is 1.